The summed E-state index contributed by atoms with van der Waals surface area (Å²) in [7, 11) is 1.31. The number of rotatable bonds is 2. The monoisotopic (exact) mass is 213 g/mol. The molecule has 0 aliphatic rings. The lowest BCUT2D eigenvalue weighted by Crippen LogP contribution is -2.09. The van der Waals surface area contributed by atoms with Crippen molar-refractivity contribution in [1.82, 2.24) is 0 Å². The number of nitrogens with one attached hydrogen (secondary N) is 1. The summed E-state index contributed by atoms with van der Waals surface area (Å²) in [6.45, 7) is 3.26. The minimum atomic E-state index is -0.424. The van der Waals surface area contributed by atoms with Crippen LogP contribution in [-0.4, -0.2) is 19.0 Å². The van der Waals surface area contributed by atoms with Gasteiger partial charge in [0, 0.05) is 11.8 Å². The van der Waals surface area contributed by atoms with Crippen LogP contribution in [-0.2, 0) is 9.53 Å². The Kier molecular flexibility index (Phi) is 3.24. The largest absolute Gasteiger partial charge is 0.465 e. The van der Waals surface area contributed by atoms with Crippen LogP contribution in [0.1, 0.15) is 21.5 Å². The molecule has 1 amide bonds. The molecule has 0 bridgehead atoms. The van der Waals surface area contributed by atoms with E-state index in [9.17, 15) is 9.59 Å². The van der Waals surface area contributed by atoms with Crippen molar-refractivity contribution in [2.45, 2.75) is 13.8 Å². The van der Waals surface area contributed by atoms with Gasteiger partial charge in [-0.05, 0) is 13.0 Å². The summed E-state index contributed by atoms with van der Waals surface area (Å²) >= 11 is 1.30. The molecular weight excluding hydrogens is 202 g/mol. The van der Waals surface area contributed by atoms with Crippen LogP contribution in [0.25, 0.3) is 0 Å². The van der Waals surface area contributed by atoms with Gasteiger partial charge in [-0.25, -0.2) is 4.79 Å². The highest BCUT2D eigenvalue weighted by Crippen LogP contribution is 2.27. The first-order valence-corrected chi connectivity index (χ1v) is 4.82. The number of esters is 1. The van der Waals surface area contributed by atoms with Crippen molar-refractivity contribution in [3.63, 3.8) is 0 Å². The van der Waals surface area contributed by atoms with Gasteiger partial charge >= 0.3 is 5.97 Å². The van der Waals surface area contributed by atoms with E-state index >= 15 is 0 Å². The Morgan fingerprint density at radius 1 is 1.50 bits per heavy atom. The van der Waals surface area contributed by atoms with E-state index in [-0.39, 0.29) is 5.91 Å². The van der Waals surface area contributed by atoms with Crippen LogP contribution in [0.15, 0.2) is 6.07 Å². The van der Waals surface area contributed by atoms with E-state index in [1.807, 2.05) is 6.92 Å². The molecule has 0 aliphatic carbocycles. The molecule has 14 heavy (non-hydrogen) atoms. The Bertz CT molecular complexity index is 370. The number of aryl methyl sites for hydroxylation is 1. The summed E-state index contributed by atoms with van der Waals surface area (Å²) < 4.78 is 4.59. The molecule has 1 aromatic heterocycles. The van der Waals surface area contributed by atoms with Crippen molar-refractivity contribution >= 4 is 28.9 Å². The van der Waals surface area contributed by atoms with Gasteiger partial charge in [0.2, 0.25) is 5.91 Å². The van der Waals surface area contributed by atoms with Gasteiger partial charge < -0.3 is 10.1 Å². The number of carbonyl (C=O) groups excluding carboxylic acids is 2. The summed E-state index contributed by atoms with van der Waals surface area (Å²) in [4.78, 5) is 23.5. The maximum Gasteiger partial charge on any atom is 0.350 e. The molecule has 0 saturated heterocycles. The molecule has 1 rings (SSSR count). The molecule has 1 N–H and O–H groups in total. The predicted molar refractivity (Wildman–Crippen MR) is 54.7 cm³/mol. The standard InChI is InChI=1S/C9H11NO3S/c1-5-4-7(10-6(2)11)8(14-5)9(12)13-3/h4H,1-3H3,(H,10,11). The van der Waals surface area contributed by atoms with Crippen LogP contribution < -0.4 is 5.32 Å². The Labute approximate surface area is 85.9 Å². The summed E-state index contributed by atoms with van der Waals surface area (Å²) in [5.74, 6) is -0.625. The molecule has 1 aromatic rings. The second-order valence-corrected chi connectivity index (χ2v) is 4.03. The summed E-state index contributed by atoms with van der Waals surface area (Å²) in [5, 5.41) is 2.58. The van der Waals surface area contributed by atoms with Crippen LogP contribution in [0, 0.1) is 6.92 Å². The van der Waals surface area contributed by atoms with Gasteiger partial charge in [-0.15, -0.1) is 11.3 Å². The number of methoxy groups -OCH3 is 1. The number of hydrogen-bond donors (Lipinski definition) is 1. The van der Waals surface area contributed by atoms with E-state index in [1.54, 1.807) is 6.07 Å². The first-order valence-electron chi connectivity index (χ1n) is 4.01. The van der Waals surface area contributed by atoms with Crippen molar-refractivity contribution in [3.8, 4) is 0 Å². The molecule has 76 valence electrons. The van der Waals surface area contributed by atoms with Gasteiger partial charge in [0.15, 0.2) is 0 Å². The van der Waals surface area contributed by atoms with E-state index < -0.39 is 5.97 Å². The molecule has 5 heteroatoms. The molecule has 0 saturated carbocycles. The Morgan fingerprint density at radius 2 is 2.14 bits per heavy atom. The lowest BCUT2D eigenvalue weighted by atomic mass is 10.3. The zero-order valence-electron chi connectivity index (χ0n) is 8.21. The fourth-order valence-electron chi connectivity index (χ4n) is 1.04. The van der Waals surface area contributed by atoms with Crippen molar-refractivity contribution in [2.75, 3.05) is 12.4 Å². The third-order valence-electron chi connectivity index (χ3n) is 1.54. The zero-order valence-corrected chi connectivity index (χ0v) is 9.03. The van der Waals surface area contributed by atoms with Crippen molar-refractivity contribution in [3.05, 3.63) is 15.8 Å². The lowest BCUT2D eigenvalue weighted by Gasteiger charge is -2.01. The number of anilines is 1. The van der Waals surface area contributed by atoms with E-state index in [0.717, 1.165) is 4.88 Å². The SMILES string of the molecule is COC(=O)c1sc(C)cc1NC(C)=O. The fourth-order valence-corrected chi connectivity index (χ4v) is 1.93. The van der Waals surface area contributed by atoms with E-state index in [0.29, 0.717) is 10.6 Å². The van der Waals surface area contributed by atoms with Crippen LogP contribution in [0.3, 0.4) is 0 Å². The van der Waals surface area contributed by atoms with Crippen molar-refractivity contribution in [2.24, 2.45) is 0 Å². The predicted octanol–water partition coefficient (Wildman–Crippen LogP) is 1.80. The molecule has 0 aliphatic heterocycles. The van der Waals surface area contributed by atoms with Crippen LogP contribution in [0.2, 0.25) is 0 Å². The summed E-state index contributed by atoms with van der Waals surface area (Å²) in [5.41, 5.74) is 0.520. The highest BCUT2D eigenvalue weighted by molar-refractivity contribution is 7.14. The minimum absolute atomic E-state index is 0.201. The van der Waals surface area contributed by atoms with Gasteiger partial charge in [0.25, 0.3) is 0 Å². The Morgan fingerprint density at radius 3 is 2.64 bits per heavy atom. The quantitative estimate of drug-likeness (QED) is 0.762. The third-order valence-corrected chi connectivity index (χ3v) is 2.57. The molecule has 4 nitrogen and oxygen atoms in total. The molecular formula is C9H11NO3S. The highest BCUT2D eigenvalue weighted by Gasteiger charge is 2.15. The molecule has 0 fully saturated rings. The summed E-state index contributed by atoms with van der Waals surface area (Å²) in [6, 6.07) is 1.75. The molecule has 0 radical (unpaired) electrons. The van der Waals surface area contributed by atoms with Gasteiger partial charge in [-0.1, -0.05) is 0 Å². The van der Waals surface area contributed by atoms with Crippen molar-refractivity contribution in [1.29, 1.82) is 0 Å². The zero-order chi connectivity index (χ0) is 10.7. The van der Waals surface area contributed by atoms with Gasteiger partial charge in [0.05, 0.1) is 12.8 Å². The van der Waals surface area contributed by atoms with Crippen LogP contribution >= 0.6 is 11.3 Å². The second kappa shape index (κ2) is 4.23. The lowest BCUT2D eigenvalue weighted by molar-refractivity contribution is -0.114. The highest BCUT2D eigenvalue weighted by atomic mass is 32.1. The number of hydrogen-bond acceptors (Lipinski definition) is 4. The minimum Gasteiger partial charge on any atom is -0.465 e. The molecule has 1 heterocycles. The average molecular weight is 213 g/mol. The number of carbonyl (C=O) groups is 2. The number of thiophene rings is 1. The van der Waals surface area contributed by atoms with Gasteiger partial charge in [-0.3, -0.25) is 4.79 Å². The Balaban J connectivity index is 3.02. The normalized spacial score (nSPS) is 9.64. The smallest absolute Gasteiger partial charge is 0.350 e. The number of amides is 1. The van der Waals surface area contributed by atoms with Gasteiger partial charge in [0.1, 0.15) is 4.88 Å². The second-order valence-electron chi connectivity index (χ2n) is 2.77. The molecule has 0 aromatic carbocycles. The maximum absolute atomic E-state index is 11.3. The van der Waals surface area contributed by atoms with Crippen LogP contribution in [0.5, 0.6) is 0 Å². The Hall–Kier alpha value is -1.36. The first kappa shape index (κ1) is 10.7. The van der Waals surface area contributed by atoms with E-state index in [1.165, 1.54) is 25.4 Å². The maximum atomic E-state index is 11.3. The molecule has 0 unspecified atom stereocenters. The molecule has 0 atom stereocenters. The molecule has 0 spiro atoms. The van der Waals surface area contributed by atoms with Gasteiger partial charge in [-0.2, -0.15) is 0 Å². The topological polar surface area (TPSA) is 55.4 Å². The van der Waals surface area contributed by atoms with Crippen molar-refractivity contribution < 1.29 is 14.3 Å². The average Bonchev–Trinajstić information content (AvgIpc) is 2.44. The van der Waals surface area contributed by atoms with E-state index in [4.69, 9.17) is 0 Å². The summed E-state index contributed by atoms with van der Waals surface area (Å²) in [6.07, 6.45) is 0. The first-order chi connectivity index (χ1) is 6.54. The third kappa shape index (κ3) is 2.32. The number of ether oxygens (including phenoxy) is 1. The van der Waals surface area contributed by atoms with Crippen LogP contribution in [0.4, 0.5) is 5.69 Å². The van der Waals surface area contributed by atoms with E-state index in [2.05, 4.69) is 10.1 Å². The fraction of sp³-hybridized carbons (Fsp3) is 0.333.